The molecular weight excluding hydrogens is 234 g/mol. The molecule has 0 saturated carbocycles. The molecule has 0 aromatic heterocycles. The number of nitrogens with zero attached hydrogens (tertiary/aromatic N) is 3. The maximum Gasteiger partial charge on any atom is 0.0183 e. The van der Waals surface area contributed by atoms with Gasteiger partial charge in [0.15, 0.2) is 0 Å². The Morgan fingerprint density at radius 1 is 0.895 bits per heavy atom. The third-order valence-corrected chi connectivity index (χ3v) is 5.58. The van der Waals surface area contributed by atoms with E-state index in [1.807, 2.05) is 0 Å². The summed E-state index contributed by atoms with van der Waals surface area (Å²) in [7, 11) is 2.25. The summed E-state index contributed by atoms with van der Waals surface area (Å²) in [4.78, 5) is 7.84. The molecule has 2 rings (SSSR count). The van der Waals surface area contributed by atoms with Gasteiger partial charge in [0.2, 0.25) is 0 Å². The minimum absolute atomic E-state index is 0.379. The lowest BCUT2D eigenvalue weighted by Gasteiger charge is -2.50. The van der Waals surface area contributed by atoms with E-state index >= 15 is 0 Å². The van der Waals surface area contributed by atoms with Crippen molar-refractivity contribution >= 4 is 0 Å². The fourth-order valence-corrected chi connectivity index (χ4v) is 3.79. The van der Waals surface area contributed by atoms with Gasteiger partial charge in [-0.3, -0.25) is 9.80 Å². The Labute approximate surface area is 119 Å². The van der Waals surface area contributed by atoms with E-state index in [-0.39, 0.29) is 0 Å². The zero-order valence-electron chi connectivity index (χ0n) is 13.7. The number of piperidine rings is 1. The van der Waals surface area contributed by atoms with Crippen molar-refractivity contribution in [2.45, 2.75) is 52.1 Å². The molecule has 0 atom stereocenters. The van der Waals surface area contributed by atoms with Crippen molar-refractivity contribution in [3.8, 4) is 0 Å². The lowest BCUT2D eigenvalue weighted by molar-refractivity contribution is -0.00871. The second-order valence-electron chi connectivity index (χ2n) is 7.35. The van der Waals surface area contributed by atoms with Crippen LogP contribution in [0, 0.1) is 5.92 Å². The predicted molar refractivity (Wildman–Crippen MR) is 82.6 cm³/mol. The molecule has 0 N–H and O–H groups in total. The summed E-state index contributed by atoms with van der Waals surface area (Å²) in [6, 6.07) is 0.702. The second-order valence-corrected chi connectivity index (χ2v) is 7.35. The molecule has 2 aliphatic rings. The summed E-state index contributed by atoms with van der Waals surface area (Å²) in [6.45, 7) is 17.1. The Balaban J connectivity index is 1.90. The highest BCUT2D eigenvalue weighted by Crippen LogP contribution is 2.33. The van der Waals surface area contributed by atoms with Gasteiger partial charge in [0.25, 0.3) is 0 Å². The van der Waals surface area contributed by atoms with E-state index in [1.54, 1.807) is 0 Å². The molecule has 0 bridgehead atoms. The summed E-state index contributed by atoms with van der Waals surface area (Å²) < 4.78 is 0. The minimum atomic E-state index is 0.379. The molecule has 0 aromatic carbocycles. The molecule has 3 heteroatoms. The SMILES string of the molecule is CC(C)N1CCN(C(C)(C)C2CCN(C)CC2)CC1. The van der Waals surface area contributed by atoms with Crippen LogP contribution in [-0.4, -0.2) is 72.6 Å². The van der Waals surface area contributed by atoms with Crippen molar-refractivity contribution in [2.24, 2.45) is 5.92 Å². The van der Waals surface area contributed by atoms with Gasteiger partial charge < -0.3 is 4.90 Å². The number of piperazine rings is 1. The topological polar surface area (TPSA) is 9.72 Å². The molecule has 2 fully saturated rings. The quantitative estimate of drug-likeness (QED) is 0.775. The van der Waals surface area contributed by atoms with Gasteiger partial charge in [-0.2, -0.15) is 0 Å². The van der Waals surface area contributed by atoms with Gasteiger partial charge in [-0.1, -0.05) is 0 Å². The van der Waals surface area contributed by atoms with Crippen molar-refractivity contribution in [1.82, 2.24) is 14.7 Å². The van der Waals surface area contributed by atoms with E-state index in [1.165, 1.54) is 52.1 Å². The molecule has 0 unspecified atom stereocenters. The average Bonchev–Trinajstić information content (AvgIpc) is 2.39. The normalized spacial score (nSPS) is 26.2. The van der Waals surface area contributed by atoms with Gasteiger partial charge in [0.05, 0.1) is 0 Å². The molecule has 0 spiro atoms. The molecule has 2 heterocycles. The van der Waals surface area contributed by atoms with Crippen LogP contribution in [0.3, 0.4) is 0 Å². The van der Waals surface area contributed by atoms with Crippen LogP contribution in [0.15, 0.2) is 0 Å². The van der Waals surface area contributed by atoms with Crippen molar-refractivity contribution in [3.63, 3.8) is 0 Å². The molecule has 2 aliphatic heterocycles. The molecule has 0 radical (unpaired) electrons. The highest BCUT2D eigenvalue weighted by atomic mass is 15.3. The molecular formula is C16H33N3. The van der Waals surface area contributed by atoms with Gasteiger partial charge in [0, 0.05) is 37.8 Å². The van der Waals surface area contributed by atoms with E-state index in [9.17, 15) is 0 Å². The molecule has 0 aromatic rings. The van der Waals surface area contributed by atoms with Gasteiger partial charge in [-0.15, -0.1) is 0 Å². The summed E-state index contributed by atoms with van der Waals surface area (Å²) in [5.74, 6) is 0.870. The van der Waals surface area contributed by atoms with Gasteiger partial charge in [0.1, 0.15) is 0 Å². The van der Waals surface area contributed by atoms with Gasteiger partial charge in [-0.25, -0.2) is 0 Å². The van der Waals surface area contributed by atoms with Crippen molar-refractivity contribution in [2.75, 3.05) is 46.3 Å². The molecule has 19 heavy (non-hydrogen) atoms. The van der Waals surface area contributed by atoms with E-state index < -0.39 is 0 Å². The first-order chi connectivity index (χ1) is 8.91. The smallest absolute Gasteiger partial charge is 0.0183 e. The van der Waals surface area contributed by atoms with Crippen LogP contribution in [0.5, 0.6) is 0 Å². The number of likely N-dealkylation sites (tertiary alicyclic amines) is 1. The molecule has 0 amide bonds. The monoisotopic (exact) mass is 267 g/mol. The Bertz CT molecular complexity index is 272. The van der Waals surface area contributed by atoms with E-state index in [4.69, 9.17) is 0 Å². The minimum Gasteiger partial charge on any atom is -0.306 e. The van der Waals surface area contributed by atoms with Crippen LogP contribution in [0.25, 0.3) is 0 Å². The molecule has 112 valence electrons. The van der Waals surface area contributed by atoms with Crippen LogP contribution in [0.1, 0.15) is 40.5 Å². The second kappa shape index (κ2) is 6.11. The summed E-state index contributed by atoms with van der Waals surface area (Å²) >= 11 is 0. The van der Waals surface area contributed by atoms with Crippen molar-refractivity contribution in [3.05, 3.63) is 0 Å². The fraction of sp³-hybridized carbons (Fsp3) is 1.00. The van der Waals surface area contributed by atoms with Gasteiger partial charge in [-0.05, 0) is 66.6 Å². The van der Waals surface area contributed by atoms with Crippen LogP contribution in [0.2, 0.25) is 0 Å². The highest BCUT2D eigenvalue weighted by molar-refractivity contribution is 4.93. The Morgan fingerprint density at radius 2 is 1.42 bits per heavy atom. The summed E-state index contributed by atoms with van der Waals surface area (Å²) in [5, 5.41) is 0. The molecule has 2 saturated heterocycles. The summed E-state index contributed by atoms with van der Waals surface area (Å²) in [6.07, 6.45) is 2.74. The highest BCUT2D eigenvalue weighted by Gasteiger charge is 2.38. The van der Waals surface area contributed by atoms with Crippen molar-refractivity contribution < 1.29 is 0 Å². The van der Waals surface area contributed by atoms with E-state index in [0.717, 1.165) is 5.92 Å². The fourth-order valence-electron chi connectivity index (χ4n) is 3.79. The van der Waals surface area contributed by atoms with Crippen molar-refractivity contribution in [1.29, 1.82) is 0 Å². The van der Waals surface area contributed by atoms with Gasteiger partial charge >= 0.3 is 0 Å². The molecule has 3 nitrogen and oxygen atoms in total. The third kappa shape index (κ3) is 3.50. The number of hydrogen-bond acceptors (Lipinski definition) is 3. The van der Waals surface area contributed by atoms with Crippen LogP contribution in [-0.2, 0) is 0 Å². The standard InChI is InChI=1S/C16H33N3/c1-14(2)18-10-12-19(13-11-18)16(3,4)15-6-8-17(5)9-7-15/h14-15H,6-13H2,1-5H3. The Hall–Kier alpha value is -0.120. The van der Waals surface area contributed by atoms with Crippen LogP contribution >= 0.6 is 0 Å². The zero-order chi connectivity index (χ0) is 14.0. The lowest BCUT2D eigenvalue weighted by Crippen LogP contribution is -2.59. The van der Waals surface area contributed by atoms with Crippen LogP contribution < -0.4 is 0 Å². The Morgan fingerprint density at radius 3 is 1.89 bits per heavy atom. The first kappa shape index (κ1) is 15.3. The first-order valence-corrected chi connectivity index (χ1v) is 8.09. The molecule has 0 aliphatic carbocycles. The summed E-state index contributed by atoms with van der Waals surface area (Å²) in [5.41, 5.74) is 0.379. The average molecular weight is 267 g/mol. The largest absolute Gasteiger partial charge is 0.306 e. The zero-order valence-corrected chi connectivity index (χ0v) is 13.7. The number of rotatable bonds is 3. The van der Waals surface area contributed by atoms with Crippen LogP contribution in [0.4, 0.5) is 0 Å². The third-order valence-electron chi connectivity index (χ3n) is 5.58. The van der Waals surface area contributed by atoms with E-state index in [2.05, 4.69) is 49.4 Å². The first-order valence-electron chi connectivity index (χ1n) is 8.09. The van der Waals surface area contributed by atoms with E-state index in [0.29, 0.717) is 11.6 Å². The maximum atomic E-state index is 2.75. The predicted octanol–water partition coefficient (Wildman–Crippen LogP) is 2.13. The Kier molecular flexibility index (Phi) is 4.91. The number of hydrogen-bond donors (Lipinski definition) is 0. The maximum absolute atomic E-state index is 2.75. The lowest BCUT2D eigenvalue weighted by atomic mass is 9.79.